The van der Waals surface area contributed by atoms with Gasteiger partial charge < -0.3 is 10.0 Å². The molecule has 0 spiro atoms. The highest BCUT2D eigenvalue weighted by atomic mass is 32.2. The van der Waals surface area contributed by atoms with E-state index < -0.39 is 11.9 Å². The molecule has 0 radical (unpaired) electrons. The summed E-state index contributed by atoms with van der Waals surface area (Å²) in [6.45, 7) is 0.553. The van der Waals surface area contributed by atoms with Crippen LogP contribution in [0.1, 0.15) is 12.0 Å². The predicted octanol–water partition coefficient (Wildman–Crippen LogP) is 1.56. The molecule has 0 aliphatic carbocycles. The van der Waals surface area contributed by atoms with E-state index in [4.69, 9.17) is 5.11 Å². The molecule has 2 rings (SSSR count). The Morgan fingerprint density at radius 3 is 2.59 bits per heavy atom. The number of aliphatic carboxylic acids is 1. The molecule has 1 aliphatic heterocycles. The van der Waals surface area contributed by atoms with Gasteiger partial charge in [-0.25, -0.2) is 4.79 Å². The number of likely N-dealkylation sites (tertiary alicyclic amines) is 1. The summed E-state index contributed by atoms with van der Waals surface area (Å²) in [6.07, 6.45) is 0.872. The summed E-state index contributed by atoms with van der Waals surface area (Å²) in [5, 5.41) is 8.63. The Kier molecular flexibility index (Phi) is 3.68. The molecular weight excluding hydrogens is 238 g/mol. The Hall–Kier alpha value is -1.49. The fraction of sp³-hybridized carbons (Fsp3) is 0.333. The van der Waals surface area contributed by atoms with Gasteiger partial charge in [0.05, 0.1) is 5.37 Å². The van der Waals surface area contributed by atoms with Gasteiger partial charge in [0.25, 0.3) is 0 Å². The Labute approximate surface area is 104 Å². The topological polar surface area (TPSA) is 57.6 Å². The largest absolute Gasteiger partial charge is 0.474 e. The third-order valence-corrected chi connectivity index (χ3v) is 4.07. The number of thioether (sulfide) groups is 1. The Morgan fingerprint density at radius 2 is 2.06 bits per heavy atom. The van der Waals surface area contributed by atoms with Gasteiger partial charge in [-0.1, -0.05) is 30.3 Å². The molecule has 1 amide bonds. The van der Waals surface area contributed by atoms with Gasteiger partial charge in [0.15, 0.2) is 0 Å². The second-order valence-electron chi connectivity index (χ2n) is 3.84. The second-order valence-corrected chi connectivity index (χ2v) is 5.01. The van der Waals surface area contributed by atoms with Gasteiger partial charge in [0.1, 0.15) is 0 Å². The molecule has 1 aliphatic rings. The van der Waals surface area contributed by atoms with Crippen molar-refractivity contribution in [1.82, 2.24) is 4.90 Å². The van der Waals surface area contributed by atoms with E-state index in [1.165, 1.54) is 10.5 Å². The molecule has 4 nitrogen and oxygen atoms in total. The van der Waals surface area contributed by atoms with Crippen LogP contribution in [0.4, 0.5) is 0 Å². The van der Waals surface area contributed by atoms with Crippen molar-refractivity contribution in [3.8, 4) is 0 Å². The minimum absolute atomic E-state index is 0.0128. The first-order chi connectivity index (χ1) is 8.18. The van der Waals surface area contributed by atoms with Crippen molar-refractivity contribution in [2.75, 3.05) is 6.54 Å². The van der Waals surface area contributed by atoms with Gasteiger partial charge in [-0.2, -0.15) is 0 Å². The lowest BCUT2D eigenvalue weighted by molar-refractivity contribution is -0.158. The van der Waals surface area contributed by atoms with Crippen molar-refractivity contribution < 1.29 is 14.7 Å². The van der Waals surface area contributed by atoms with Crippen LogP contribution in [0.5, 0.6) is 0 Å². The van der Waals surface area contributed by atoms with Gasteiger partial charge in [-0.05, 0) is 12.0 Å². The first kappa shape index (κ1) is 12.0. The third-order valence-electron chi connectivity index (χ3n) is 2.69. The number of hydrogen-bond donors (Lipinski definition) is 1. The molecule has 90 valence electrons. The van der Waals surface area contributed by atoms with Gasteiger partial charge in [0.2, 0.25) is 0 Å². The number of nitrogens with zero attached hydrogens (tertiary/aromatic N) is 1. The van der Waals surface area contributed by atoms with E-state index in [1.807, 2.05) is 30.3 Å². The van der Waals surface area contributed by atoms with E-state index in [2.05, 4.69) is 0 Å². The molecule has 0 saturated carbocycles. The van der Waals surface area contributed by atoms with Crippen LogP contribution < -0.4 is 0 Å². The number of benzene rings is 1. The zero-order valence-electron chi connectivity index (χ0n) is 9.20. The average molecular weight is 251 g/mol. The lowest BCUT2D eigenvalue weighted by Crippen LogP contribution is -2.51. The first-order valence-corrected chi connectivity index (χ1v) is 6.43. The zero-order chi connectivity index (χ0) is 12.3. The summed E-state index contributed by atoms with van der Waals surface area (Å²) in [7, 11) is 0. The maximum atomic E-state index is 11.3. The number of hydrogen-bond acceptors (Lipinski definition) is 3. The van der Waals surface area contributed by atoms with Crippen molar-refractivity contribution in [2.45, 2.75) is 17.5 Å². The number of carboxylic acid groups (broad SMARTS) is 1. The fourth-order valence-corrected chi connectivity index (χ4v) is 2.89. The number of rotatable bonds is 3. The molecule has 1 fully saturated rings. The summed E-state index contributed by atoms with van der Waals surface area (Å²) < 4.78 is 0. The molecule has 0 aromatic heterocycles. The lowest BCUT2D eigenvalue weighted by Gasteiger charge is -2.39. The summed E-state index contributed by atoms with van der Waals surface area (Å²) in [5.41, 5.74) is 1.19. The van der Waals surface area contributed by atoms with Crippen LogP contribution in [0.15, 0.2) is 30.3 Å². The highest BCUT2D eigenvalue weighted by molar-refractivity contribution is 7.99. The maximum absolute atomic E-state index is 11.3. The normalized spacial score (nSPS) is 18.6. The van der Waals surface area contributed by atoms with Crippen molar-refractivity contribution in [3.05, 3.63) is 35.9 Å². The first-order valence-electron chi connectivity index (χ1n) is 5.38. The van der Waals surface area contributed by atoms with E-state index in [-0.39, 0.29) is 5.37 Å². The molecule has 1 N–H and O–H groups in total. The van der Waals surface area contributed by atoms with Crippen molar-refractivity contribution in [1.29, 1.82) is 0 Å². The summed E-state index contributed by atoms with van der Waals surface area (Å²) in [4.78, 5) is 23.2. The third kappa shape index (κ3) is 2.79. The van der Waals surface area contributed by atoms with Gasteiger partial charge in [-0.3, -0.25) is 4.79 Å². The van der Waals surface area contributed by atoms with Crippen LogP contribution in [0, 0.1) is 0 Å². The minimum Gasteiger partial charge on any atom is -0.474 e. The van der Waals surface area contributed by atoms with E-state index in [0.29, 0.717) is 6.54 Å². The molecule has 17 heavy (non-hydrogen) atoms. The quantitative estimate of drug-likeness (QED) is 0.828. The Morgan fingerprint density at radius 1 is 1.35 bits per heavy atom. The van der Waals surface area contributed by atoms with E-state index in [0.717, 1.165) is 12.2 Å². The van der Waals surface area contributed by atoms with Gasteiger partial charge >= 0.3 is 11.9 Å². The van der Waals surface area contributed by atoms with Crippen LogP contribution in [-0.4, -0.2) is 33.8 Å². The second kappa shape index (κ2) is 5.23. The van der Waals surface area contributed by atoms with Gasteiger partial charge in [-0.15, -0.1) is 11.8 Å². The van der Waals surface area contributed by atoms with Crippen molar-refractivity contribution in [3.63, 3.8) is 0 Å². The van der Waals surface area contributed by atoms with Crippen molar-refractivity contribution >= 4 is 23.6 Å². The molecule has 1 saturated heterocycles. The average Bonchev–Trinajstić information content (AvgIpc) is 2.29. The SMILES string of the molecule is O=C(O)C(=O)N1CCC1SCc1ccccc1. The smallest absolute Gasteiger partial charge is 0.394 e. The molecule has 1 atom stereocenters. The van der Waals surface area contributed by atoms with Crippen LogP contribution in [0.2, 0.25) is 0 Å². The Balaban J connectivity index is 1.85. The highest BCUT2D eigenvalue weighted by Gasteiger charge is 2.35. The number of carbonyl (C=O) groups excluding carboxylic acids is 1. The molecule has 1 aromatic carbocycles. The van der Waals surface area contributed by atoms with Crippen LogP contribution in [0.25, 0.3) is 0 Å². The zero-order valence-corrected chi connectivity index (χ0v) is 10.0. The molecule has 0 bridgehead atoms. The maximum Gasteiger partial charge on any atom is 0.394 e. The standard InChI is InChI=1S/C12H13NO3S/c14-11(12(15)16)13-7-6-10(13)17-8-9-4-2-1-3-5-9/h1-5,10H,6-8H2,(H,15,16). The van der Waals surface area contributed by atoms with E-state index in [1.54, 1.807) is 11.8 Å². The van der Waals surface area contributed by atoms with Gasteiger partial charge in [0, 0.05) is 12.3 Å². The minimum atomic E-state index is -1.37. The van der Waals surface area contributed by atoms with E-state index >= 15 is 0 Å². The predicted molar refractivity (Wildman–Crippen MR) is 65.5 cm³/mol. The molecule has 1 unspecified atom stereocenters. The highest BCUT2D eigenvalue weighted by Crippen LogP contribution is 2.30. The number of carbonyl (C=O) groups is 2. The fourth-order valence-electron chi connectivity index (χ4n) is 1.66. The molecule has 5 heteroatoms. The van der Waals surface area contributed by atoms with Crippen LogP contribution in [-0.2, 0) is 15.3 Å². The monoisotopic (exact) mass is 251 g/mol. The number of carboxylic acids is 1. The number of amides is 1. The summed E-state index contributed by atoms with van der Waals surface area (Å²) in [6, 6.07) is 9.94. The van der Waals surface area contributed by atoms with Crippen molar-refractivity contribution in [2.24, 2.45) is 0 Å². The summed E-state index contributed by atoms with van der Waals surface area (Å²) >= 11 is 1.61. The van der Waals surface area contributed by atoms with Crippen LogP contribution in [0.3, 0.4) is 0 Å². The Bertz CT molecular complexity index is 421. The lowest BCUT2D eigenvalue weighted by atomic mass is 10.2. The molecule has 1 aromatic rings. The summed E-state index contributed by atoms with van der Waals surface area (Å²) in [5.74, 6) is -1.36. The van der Waals surface area contributed by atoms with E-state index in [9.17, 15) is 9.59 Å². The molecular formula is C12H13NO3S. The van der Waals surface area contributed by atoms with Crippen LogP contribution >= 0.6 is 11.8 Å². The molecule has 1 heterocycles.